The van der Waals surface area contributed by atoms with Gasteiger partial charge < -0.3 is 0 Å². The maximum absolute atomic E-state index is 12.5. The van der Waals surface area contributed by atoms with Crippen molar-refractivity contribution < 1.29 is 4.79 Å². The van der Waals surface area contributed by atoms with Crippen molar-refractivity contribution in [3.8, 4) is 11.1 Å². The summed E-state index contributed by atoms with van der Waals surface area (Å²) in [6, 6.07) is 15.6. The van der Waals surface area contributed by atoms with Crippen molar-refractivity contribution >= 4 is 17.4 Å². The van der Waals surface area contributed by atoms with Gasteiger partial charge in [0.2, 0.25) is 0 Å². The Balaban J connectivity index is 2.00. The van der Waals surface area contributed by atoms with E-state index in [1.807, 2.05) is 55.5 Å². The molecule has 0 aromatic heterocycles. The van der Waals surface area contributed by atoms with Crippen molar-refractivity contribution in [1.29, 1.82) is 0 Å². The molecule has 0 saturated carbocycles. The highest BCUT2D eigenvalue weighted by atomic mass is 35.5. The van der Waals surface area contributed by atoms with E-state index in [0.29, 0.717) is 0 Å². The maximum Gasteiger partial charge on any atom is 0.165 e. The summed E-state index contributed by atoms with van der Waals surface area (Å²) in [4.78, 5) is 12.5. The fourth-order valence-corrected chi connectivity index (χ4v) is 2.98. The Kier molecular flexibility index (Phi) is 6.85. The van der Waals surface area contributed by atoms with Crippen LogP contribution >= 0.6 is 11.6 Å². The Morgan fingerprint density at radius 2 is 1.74 bits per heavy atom. The zero-order chi connectivity index (χ0) is 16.7. The lowest BCUT2D eigenvalue weighted by Gasteiger charge is -2.11. The minimum absolute atomic E-state index is 0.101. The molecule has 0 aliphatic heterocycles. The maximum atomic E-state index is 12.5. The third kappa shape index (κ3) is 5.21. The SMILES string of the molecule is CCCCCCC(C)C(=O)c1ccc(-c2cccc(Cl)c2)cc1. The molecule has 2 heteroatoms. The molecule has 122 valence electrons. The monoisotopic (exact) mass is 328 g/mol. The number of carbonyl (C=O) groups excluding carboxylic acids is 1. The Hall–Kier alpha value is -1.60. The molecule has 0 spiro atoms. The predicted octanol–water partition coefficient (Wildman–Crippen LogP) is 6.80. The van der Waals surface area contributed by atoms with Gasteiger partial charge in [0, 0.05) is 16.5 Å². The third-order valence-electron chi connectivity index (χ3n) is 4.27. The first-order chi connectivity index (χ1) is 11.1. The summed E-state index contributed by atoms with van der Waals surface area (Å²) < 4.78 is 0. The van der Waals surface area contributed by atoms with E-state index in [1.54, 1.807) is 0 Å². The van der Waals surface area contributed by atoms with Crippen LogP contribution in [0.4, 0.5) is 0 Å². The lowest BCUT2D eigenvalue weighted by molar-refractivity contribution is 0.0922. The van der Waals surface area contributed by atoms with Crippen LogP contribution in [0.15, 0.2) is 48.5 Å². The lowest BCUT2D eigenvalue weighted by Crippen LogP contribution is -2.11. The molecule has 1 nitrogen and oxygen atoms in total. The molecular weight excluding hydrogens is 304 g/mol. The van der Waals surface area contributed by atoms with Gasteiger partial charge in [-0.25, -0.2) is 0 Å². The second-order valence-corrected chi connectivity index (χ2v) is 6.64. The Morgan fingerprint density at radius 3 is 2.39 bits per heavy atom. The van der Waals surface area contributed by atoms with Crippen molar-refractivity contribution in [3.63, 3.8) is 0 Å². The molecule has 0 fully saturated rings. The summed E-state index contributed by atoms with van der Waals surface area (Å²) in [5.74, 6) is 0.350. The molecule has 2 aromatic rings. The van der Waals surface area contributed by atoms with Crippen LogP contribution in [0.5, 0.6) is 0 Å². The first kappa shape index (κ1) is 17.7. The number of hydrogen-bond acceptors (Lipinski definition) is 1. The fraction of sp³-hybridized carbons (Fsp3) is 0.381. The van der Waals surface area contributed by atoms with E-state index in [4.69, 9.17) is 11.6 Å². The van der Waals surface area contributed by atoms with Crippen molar-refractivity contribution in [1.82, 2.24) is 0 Å². The summed E-state index contributed by atoms with van der Waals surface area (Å²) in [6.45, 7) is 4.25. The van der Waals surface area contributed by atoms with E-state index in [-0.39, 0.29) is 11.7 Å². The number of Topliss-reactive ketones (excluding diaryl/α,β-unsaturated/α-hetero) is 1. The summed E-state index contributed by atoms with van der Waals surface area (Å²) in [5.41, 5.74) is 2.96. The Bertz CT molecular complexity index is 631. The quantitative estimate of drug-likeness (QED) is 0.385. The summed E-state index contributed by atoms with van der Waals surface area (Å²) in [7, 11) is 0. The van der Waals surface area contributed by atoms with Crippen LogP contribution in [0.1, 0.15) is 56.3 Å². The van der Waals surface area contributed by atoms with E-state index in [0.717, 1.165) is 34.6 Å². The van der Waals surface area contributed by atoms with E-state index in [1.165, 1.54) is 19.3 Å². The summed E-state index contributed by atoms with van der Waals surface area (Å²) >= 11 is 6.03. The highest BCUT2D eigenvalue weighted by Gasteiger charge is 2.14. The molecule has 0 bridgehead atoms. The number of benzene rings is 2. The average molecular weight is 329 g/mol. The second kappa shape index (κ2) is 8.88. The predicted molar refractivity (Wildman–Crippen MR) is 99.1 cm³/mol. The highest BCUT2D eigenvalue weighted by Crippen LogP contribution is 2.24. The normalized spacial score (nSPS) is 12.1. The summed E-state index contributed by atoms with van der Waals surface area (Å²) in [6.07, 6.45) is 5.83. The molecule has 0 saturated heterocycles. The van der Waals surface area contributed by atoms with Gasteiger partial charge in [0.1, 0.15) is 0 Å². The number of unbranched alkanes of at least 4 members (excludes halogenated alkanes) is 3. The van der Waals surface area contributed by atoms with Crippen molar-refractivity contribution in [2.75, 3.05) is 0 Å². The zero-order valence-electron chi connectivity index (χ0n) is 14.0. The van der Waals surface area contributed by atoms with E-state index >= 15 is 0 Å². The van der Waals surface area contributed by atoms with Crippen molar-refractivity contribution in [2.45, 2.75) is 46.0 Å². The molecule has 1 unspecified atom stereocenters. The molecule has 0 N–H and O–H groups in total. The van der Waals surface area contributed by atoms with E-state index < -0.39 is 0 Å². The number of ketones is 1. The van der Waals surface area contributed by atoms with Gasteiger partial charge in [0.05, 0.1) is 0 Å². The van der Waals surface area contributed by atoms with Crippen molar-refractivity contribution in [3.05, 3.63) is 59.1 Å². The van der Waals surface area contributed by atoms with Crippen LogP contribution in [0.2, 0.25) is 5.02 Å². The van der Waals surface area contributed by atoms with Crippen LogP contribution in [-0.2, 0) is 0 Å². The minimum Gasteiger partial charge on any atom is -0.294 e. The molecule has 0 radical (unpaired) electrons. The number of hydrogen-bond donors (Lipinski definition) is 0. The topological polar surface area (TPSA) is 17.1 Å². The average Bonchev–Trinajstić information content (AvgIpc) is 2.58. The second-order valence-electron chi connectivity index (χ2n) is 6.20. The molecule has 0 amide bonds. The molecule has 23 heavy (non-hydrogen) atoms. The third-order valence-corrected chi connectivity index (χ3v) is 4.50. The Morgan fingerprint density at radius 1 is 1.00 bits per heavy atom. The highest BCUT2D eigenvalue weighted by molar-refractivity contribution is 6.30. The van der Waals surface area contributed by atoms with E-state index in [9.17, 15) is 4.79 Å². The van der Waals surface area contributed by atoms with Crippen LogP contribution in [0, 0.1) is 5.92 Å². The standard InChI is InChI=1S/C21H25ClO/c1-3-4-5-6-8-16(2)21(23)18-13-11-17(12-14-18)19-9-7-10-20(22)15-19/h7,9-16H,3-6,8H2,1-2H3. The number of carbonyl (C=O) groups is 1. The van der Waals surface area contributed by atoms with Crippen molar-refractivity contribution in [2.24, 2.45) is 5.92 Å². The van der Waals surface area contributed by atoms with Gasteiger partial charge in [0.15, 0.2) is 5.78 Å². The first-order valence-electron chi connectivity index (χ1n) is 8.52. The minimum atomic E-state index is 0.101. The fourth-order valence-electron chi connectivity index (χ4n) is 2.79. The molecule has 1 atom stereocenters. The first-order valence-corrected chi connectivity index (χ1v) is 8.90. The Labute approximate surface area is 144 Å². The zero-order valence-corrected chi connectivity index (χ0v) is 14.8. The van der Waals surface area contributed by atoms with Gasteiger partial charge in [-0.05, 0) is 29.7 Å². The molecule has 0 aliphatic carbocycles. The van der Waals surface area contributed by atoms with Crippen LogP contribution in [0.3, 0.4) is 0 Å². The molecule has 0 heterocycles. The van der Waals surface area contributed by atoms with Gasteiger partial charge in [-0.15, -0.1) is 0 Å². The number of halogens is 1. The largest absolute Gasteiger partial charge is 0.294 e. The van der Waals surface area contributed by atoms with Crippen LogP contribution in [0.25, 0.3) is 11.1 Å². The van der Waals surface area contributed by atoms with E-state index in [2.05, 4.69) is 6.92 Å². The lowest BCUT2D eigenvalue weighted by atomic mass is 9.93. The molecule has 2 aromatic carbocycles. The van der Waals surface area contributed by atoms with Gasteiger partial charge >= 0.3 is 0 Å². The smallest absolute Gasteiger partial charge is 0.165 e. The molecule has 2 rings (SSSR count). The summed E-state index contributed by atoms with van der Waals surface area (Å²) in [5, 5.41) is 0.725. The molecular formula is C21H25ClO. The van der Waals surface area contributed by atoms with Gasteiger partial charge in [-0.1, -0.05) is 87.5 Å². The van der Waals surface area contributed by atoms with Crippen LogP contribution in [-0.4, -0.2) is 5.78 Å². The number of rotatable bonds is 8. The molecule has 0 aliphatic rings. The van der Waals surface area contributed by atoms with Gasteiger partial charge in [0.25, 0.3) is 0 Å². The van der Waals surface area contributed by atoms with Gasteiger partial charge in [-0.2, -0.15) is 0 Å². The van der Waals surface area contributed by atoms with Gasteiger partial charge in [-0.3, -0.25) is 4.79 Å². The van der Waals surface area contributed by atoms with Crippen LogP contribution < -0.4 is 0 Å².